The molecule has 0 amide bonds. The van der Waals surface area contributed by atoms with Gasteiger partial charge in [-0.1, -0.05) is 18.2 Å². The van der Waals surface area contributed by atoms with Gasteiger partial charge in [-0.3, -0.25) is 0 Å². The fraction of sp³-hybridized carbons (Fsp3) is 0.368. The molecule has 1 unspecified atom stereocenters. The molecule has 2 aromatic rings. The molecule has 0 radical (unpaired) electrons. The van der Waals surface area contributed by atoms with E-state index in [-0.39, 0.29) is 0 Å². The first-order chi connectivity index (χ1) is 11.3. The maximum Gasteiger partial charge on any atom is 0.122 e. The normalized spacial score (nSPS) is 11.8. The smallest absolute Gasteiger partial charge is 0.122 e. The van der Waals surface area contributed by atoms with Crippen molar-refractivity contribution in [1.29, 1.82) is 0 Å². The van der Waals surface area contributed by atoms with Crippen LogP contribution < -0.4 is 19.9 Å². The van der Waals surface area contributed by atoms with Gasteiger partial charge in [-0.2, -0.15) is 0 Å². The number of nitrogens with two attached hydrogens (primary N) is 1. The third-order valence-corrected chi connectivity index (χ3v) is 3.86. The Morgan fingerprint density at radius 2 is 1.57 bits per heavy atom. The van der Waals surface area contributed by atoms with Crippen molar-refractivity contribution in [3.63, 3.8) is 0 Å². The van der Waals surface area contributed by atoms with Crippen LogP contribution in [0.15, 0.2) is 48.5 Å². The van der Waals surface area contributed by atoms with Crippen LogP contribution in [-0.2, 0) is 0 Å². The van der Waals surface area contributed by atoms with Crippen LogP contribution in [0.3, 0.4) is 0 Å². The van der Waals surface area contributed by atoms with Gasteiger partial charge in [0.05, 0.1) is 20.8 Å². The summed E-state index contributed by atoms with van der Waals surface area (Å²) in [6.07, 6.45) is 1.92. The second-order valence-corrected chi connectivity index (χ2v) is 5.38. The number of ether oxygens (including phenoxy) is 3. The highest BCUT2D eigenvalue weighted by Crippen LogP contribution is 2.24. The molecule has 0 saturated carbocycles. The van der Waals surface area contributed by atoms with Gasteiger partial charge in [0.1, 0.15) is 17.2 Å². The predicted molar refractivity (Wildman–Crippen MR) is 92.5 cm³/mol. The van der Waals surface area contributed by atoms with Crippen LogP contribution in [0.1, 0.15) is 24.3 Å². The molecule has 124 valence electrons. The number of hydrogen-bond donors (Lipinski definition) is 1. The molecule has 0 heterocycles. The third kappa shape index (κ3) is 5.18. The van der Waals surface area contributed by atoms with E-state index in [1.54, 1.807) is 14.2 Å². The maximum atomic E-state index is 5.93. The topological polar surface area (TPSA) is 53.7 Å². The molecule has 4 nitrogen and oxygen atoms in total. The Balaban J connectivity index is 1.83. The number of methoxy groups -OCH3 is 2. The fourth-order valence-corrected chi connectivity index (χ4v) is 2.53. The lowest BCUT2D eigenvalue weighted by molar-refractivity contribution is 0.299. The van der Waals surface area contributed by atoms with Crippen molar-refractivity contribution in [2.24, 2.45) is 5.73 Å². The Labute approximate surface area is 138 Å². The molecular weight excluding hydrogens is 290 g/mol. The number of rotatable bonds is 9. The minimum Gasteiger partial charge on any atom is -0.497 e. The standard InChI is InChI=1S/C19H25NO3/c1-21-17-8-3-6-15(12-17)16(14-20)7-5-11-23-19-10-4-9-18(13-19)22-2/h3-4,6,8-10,12-13,16H,5,7,11,14,20H2,1-2H3. The summed E-state index contributed by atoms with van der Waals surface area (Å²) in [5.41, 5.74) is 7.15. The van der Waals surface area contributed by atoms with Gasteiger partial charge in [0.2, 0.25) is 0 Å². The highest BCUT2D eigenvalue weighted by Gasteiger charge is 2.10. The van der Waals surface area contributed by atoms with E-state index in [9.17, 15) is 0 Å². The van der Waals surface area contributed by atoms with Gasteiger partial charge in [-0.15, -0.1) is 0 Å². The molecule has 0 aromatic heterocycles. The SMILES string of the molecule is COc1cccc(OCCCC(CN)c2cccc(OC)c2)c1. The third-order valence-electron chi connectivity index (χ3n) is 3.86. The van der Waals surface area contributed by atoms with Gasteiger partial charge in [0, 0.05) is 6.07 Å². The van der Waals surface area contributed by atoms with Crippen molar-refractivity contribution in [3.05, 3.63) is 54.1 Å². The van der Waals surface area contributed by atoms with Crippen molar-refractivity contribution in [3.8, 4) is 17.2 Å². The molecule has 2 aromatic carbocycles. The van der Waals surface area contributed by atoms with E-state index in [0.717, 1.165) is 30.1 Å². The predicted octanol–water partition coefficient (Wildman–Crippen LogP) is 3.61. The largest absolute Gasteiger partial charge is 0.497 e. The van der Waals surface area contributed by atoms with Crippen LogP contribution in [0.4, 0.5) is 0 Å². The van der Waals surface area contributed by atoms with E-state index in [1.165, 1.54) is 5.56 Å². The van der Waals surface area contributed by atoms with Crippen LogP contribution in [0.5, 0.6) is 17.2 Å². The van der Waals surface area contributed by atoms with Crippen molar-refractivity contribution in [1.82, 2.24) is 0 Å². The first-order valence-electron chi connectivity index (χ1n) is 7.87. The second-order valence-electron chi connectivity index (χ2n) is 5.38. The maximum absolute atomic E-state index is 5.93. The molecule has 23 heavy (non-hydrogen) atoms. The molecule has 0 spiro atoms. The number of hydrogen-bond acceptors (Lipinski definition) is 4. The summed E-state index contributed by atoms with van der Waals surface area (Å²) < 4.78 is 16.2. The van der Waals surface area contributed by atoms with Crippen LogP contribution in [0.25, 0.3) is 0 Å². The van der Waals surface area contributed by atoms with Crippen molar-refractivity contribution in [2.75, 3.05) is 27.4 Å². The van der Waals surface area contributed by atoms with Gasteiger partial charge < -0.3 is 19.9 Å². The summed E-state index contributed by atoms with van der Waals surface area (Å²) in [6, 6.07) is 15.8. The molecule has 4 heteroatoms. The Morgan fingerprint density at radius 1 is 0.913 bits per heavy atom. The van der Waals surface area contributed by atoms with E-state index < -0.39 is 0 Å². The zero-order valence-electron chi connectivity index (χ0n) is 13.8. The Morgan fingerprint density at radius 3 is 2.26 bits per heavy atom. The first kappa shape index (κ1) is 17.2. The van der Waals surface area contributed by atoms with Gasteiger partial charge in [-0.25, -0.2) is 0 Å². The highest BCUT2D eigenvalue weighted by molar-refractivity contribution is 5.33. The van der Waals surface area contributed by atoms with E-state index in [4.69, 9.17) is 19.9 Å². The lowest BCUT2D eigenvalue weighted by atomic mass is 9.94. The lowest BCUT2D eigenvalue weighted by Gasteiger charge is -2.16. The monoisotopic (exact) mass is 315 g/mol. The minimum absolute atomic E-state index is 0.319. The molecule has 1 atom stereocenters. The van der Waals surface area contributed by atoms with Gasteiger partial charge in [0.15, 0.2) is 0 Å². The average molecular weight is 315 g/mol. The average Bonchev–Trinajstić information content (AvgIpc) is 2.62. The van der Waals surface area contributed by atoms with Gasteiger partial charge >= 0.3 is 0 Å². The Hall–Kier alpha value is -2.20. The molecule has 0 aliphatic rings. The molecule has 2 N–H and O–H groups in total. The zero-order chi connectivity index (χ0) is 16.5. The summed E-state index contributed by atoms with van der Waals surface area (Å²) >= 11 is 0. The first-order valence-corrected chi connectivity index (χ1v) is 7.87. The minimum atomic E-state index is 0.319. The van der Waals surface area contributed by atoms with Gasteiger partial charge in [-0.05, 0) is 55.1 Å². The van der Waals surface area contributed by atoms with Crippen LogP contribution in [-0.4, -0.2) is 27.4 Å². The summed E-state index contributed by atoms with van der Waals surface area (Å²) in [6.45, 7) is 1.28. The van der Waals surface area contributed by atoms with E-state index in [1.807, 2.05) is 36.4 Å². The fourth-order valence-electron chi connectivity index (χ4n) is 2.53. The van der Waals surface area contributed by atoms with E-state index >= 15 is 0 Å². The molecular formula is C19H25NO3. The molecule has 0 fully saturated rings. The van der Waals surface area contributed by atoms with Crippen LogP contribution in [0, 0.1) is 0 Å². The van der Waals surface area contributed by atoms with Crippen molar-refractivity contribution >= 4 is 0 Å². The van der Waals surface area contributed by atoms with Crippen molar-refractivity contribution in [2.45, 2.75) is 18.8 Å². The Kier molecular flexibility index (Phi) is 6.76. The van der Waals surface area contributed by atoms with Gasteiger partial charge in [0.25, 0.3) is 0 Å². The summed E-state index contributed by atoms with van der Waals surface area (Å²) in [7, 11) is 3.33. The van der Waals surface area contributed by atoms with Crippen molar-refractivity contribution < 1.29 is 14.2 Å². The molecule has 0 aliphatic heterocycles. The number of benzene rings is 2. The summed E-state index contributed by atoms with van der Waals surface area (Å²) in [5, 5.41) is 0. The second kappa shape index (κ2) is 9.06. The quantitative estimate of drug-likeness (QED) is 0.718. The lowest BCUT2D eigenvalue weighted by Crippen LogP contribution is -2.13. The van der Waals surface area contributed by atoms with E-state index in [2.05, 4.69) is 12.1 Å². The molecule has 0 aliphatic carbocycles. The van der Waals surface area contributed by atoms with Crippen LogP contribution in [0.2, 0.25) is 0 Å². The summed E-state index contributed by atoms with van der Waals surface area (Å²) in [5.74, 6) is 2.82. The highest BCUT2D eigenvalue weighted by atomic mass is 16.5. The zero-order valence-corrected chi connectivity index (χ0v) is 13.8. The van der Waals surface area contributed by atoms with Crippen LogP contribution >= 0.6 is 0 Å². The molecule has 0 saturated heterocycles. The molecule has 0 bridgehead atoms. The van der Waals surface area contributed by atoms with E-state index in [0.29, 0.717) is 19.1 Å². The Bertz CT molecular complexity index is 601. The molecule has 2 rings (SSSR count). The summed E-state index contributed by atoms with van der Waals surface area (Å²) in [4.78, 5) is 0.